The lowest BCUT2D eigenvalue weighted by Gasteiger charge is -2.19. The fraction of sp³-hybridized carbons (Fsp3) is 0.421. The number of rotatable bonds is 2. The number of thiazole rings is 1. The molecule has 0 bridgehead atoms. The third-order valence-electron chi connectivity index (χ3n) is 5.17. The van der Waals surface area contributed by atoms with Crippen molar-refractivity contribution in [2.75, 3.05) is 13.2 Å². The molecule has 1 unspecified atom stereocenters. The first-order chi connectivity index (χ1) is 12.2. The van der Waals surface area contributed by atoms with Gasteiger partial charge in [0.05, 0.1) is 11.4 Å². The number of nitrogens with zero attached hydrogens (tertiary/aromatic N) is 2. The number of aryl methyl sites for hydroxylation is 1. The fourth-order valence-corrected chi connectivity index (χ4v) is 5.24. The predicted octanol–water partition coefficient (Wildman–Crippen LogP) is 3.42. The van der Waals surface area contributed by atoms with Crippen LogP contribution in [0.15, 0.2) is 18.2 Å². The molecule has 25 heavy (non-hydrogen) atoms. The number of benzene rings is 1. The molecule has 1 aliphatic carbocycles. The van der Waals surface area contributed by atoms with E-state index in [1.165, 1.54) is 17.0 Å². The third-order valence-corrected chi connectivity index (χ3v) is 6.27. The van der Waals surface area contributed by atoms with E-state index in [4.69, 9.17) is 20.2 Å². The summed E-state index contributed by atoms with van der Waals surface area (Å²) in [5, 5.41) is 0. The van der Waals surface area contributed by atoms with Gasteiger partial charge in [0.25, 0.3) is 0 Å². The van der Waals surface area contributed by atoms with Crippen molar-refractivity contribution in [3.63, 3.8) is 0 Å². The van der Waals surface area contributed by atoms with E-state index >= 15 is 0 Å². The number of hydrogen-bond acceptors (Lipinski definition) is 5. The normalized spacial score (nSPS) is 19.2. The van der Waals surface area contributed by atoms with Crippen LogP contribution in [0.4, 0.5) is 0 Å². The first-order valence-electron chi connectivity index (χ1n) is 8.86. The van der Waals surface area contributed by atoms with Crippen LogP contribution < -0.4 is 15.2 Å². The van der Waals surface area contributed by atoms with Crippen molar-refractivity contribution in [3.8, 4) is 22.8 Å². The Morgan fingerprint density at radius 3 is 2.96 bits per heavy atom. The van der Waals surface area contributed by atoms with Gasteiger partial charge in [0.15, 0.2) is 16.5 Å². The van der Waals surface area contributed by atoms with Crippen molar-refractivity contribution in [1.29, 1.82) is 0 Å². The van der Waals surface area contributed by atoms with Gasteiger partial charge in [0, 0.05) is 22.7 Å². The molecule has 0 amide bonds. The standard InChI is InChI=1S/C19H21N3O2S/c1-11-2-4-13-17(8-11)25-19-21-18(14(10-20)22(13)19)12-3-5-15-16(9-12)24-7-6-23-15/h3,5,9,11H,2,4,6-8,10,20H2,1H3. The lowest BCUT2D eigenvalue weighted by Crippen LogP contribution is -2.15. The minimum absolute atomic E-state index is 0.476. The number of imidazole rings is 1. The van der Waals surface area contributed by atoms with E-state index < -0.39 is 0 Å². The molecule has 0 saturated carbocycles. The van der Waals surface area contributed by atoms with Crippen LogP contribution in [0.5, 0.6) is 11.5 Å². The lowest BCUT2D eigenvalue weighted by atomic mass is 9.93. The highest BCUT2D eigenvalue weighted by atomic mass is 32.1. The zero-order chi connectivity index (χ0) is 17.0. The van der Waals surface area contributed by atoms with Gasteiger partial charge in [-0.15, -0.1) is 11.3 Å². The van der Waals surface area contributed by atoms with Crippen molar-refractivity contribution in [1.82, 2.24) is 9.38 Å². The Balaban J connectivity index is 1.66. The van der Waals surface area contributed by atoms with Gasteiger partial charge in [-0.05, 0) is 43.4 Å². The molecule has 2 aliphatic rings. The van der Waals surface area contributed by atoms with Crippen molar-refractivity contribution in [3.05, 3.63) is 34.5 Å². The fourth-order valence-electron chi connectivity index (χ4n) is 3.89. The molecular weight excluding hydrogens is 334 g/mol. The highest BCUT2D eigenvalue weighted by Gasteiger charge is 2.25. The molecule has 0 fully saturated rings. The van der Waals surface area contributed by atoms with E-state index in [0.717, 1.165) is 52.2 Å². The average molecular weight is 355 g/mol. The second-order valence-corrected chi connectivity index (χ2v) is 7.97. The quantitative estimate of drug-likeness (QED) is 0.765. The van der Waals surface area contributed by atoms with E-state index in [9.17, 15) is 0 Å². The molecule has 6 heteroatoms. The Kier molecular flexibility index (Phi) is 3.50. The summed E-state index contributed by atoms with van der Waals surface area (Å²) in [7, 11) is 0. The molecule has 0 radical (unpaired) electrons. The summed E-state index contributed by atoms with van der Waals surface area (Å²) in [5.41, 5.74) is 10.7. The number of aromatic nitrogens is 2. The zero-order valence-corrected chi connectivity index (χ0v) is 15.1. The van der Waals surface area contributed by atoms with Gasteiger partial charge in [-0.1, -0.05) is 6.92 Å². The van der Waals surface area contributed by atoms with Gasteiger partial charge in [-0.3, -0.25) is 4.40 Å². The van der Waals surface area contributed by atoms with Gasteiger partial charge in [-0.25, -0.2) is 4.98 Å². The number of hydrogen-bond donors (Lipinski definition) is 1. The molecule has 2 aromatic heterocycles. The lowest BCUT2D eigenvalue weighted by molar-refractivity contribution is 0.171. The number of nitrogens with two attached hydrogens (primary N) is 1. The van der Waals surface area contributed by atoms with E-state index in [1.807, 2.05) is 29.5 Å². The monoisotopic (exact) mass is 355 g/mol. The third kappa shape index (κ3) is 2.35. The van der Waals surface area contributed by atoms with Crippen LogP contribution in [0.3, 0.4) is 0 Å². The molecular formula is C19H21N3O2S. The van der Waals surface area contributed by atoms with Gasteiger partial charge in [-0.2, -0.15) is 0 Å². The minimum Gasteiger partial charge on any atom is -0.486 e. The van der Waals surface area contributed by atoms with E-state index in [2.05, 4.69) is 11.3 Å². The molecule has 0 saturated heterocycles. The van der Waals surface area contributed by atoms with Gasteiger partial charge >= 0.3 is 0 Å². The molecule has 130 valence electrons. The number of ether oxygens (including phenoxy) is 2. The van der Waals surface area contributed by atoms with Crippen LogP contribution in [0, 0.1) is 5.92 Å². The van der Waals surface area contributed by atoms with Crippen molar-refractivity contribution < 1.29 is 9.47 Å². The van der Waals surface area contributed by atoms with Crippen molar-refractivity contribution in [2.45, 2.75) is 32.7 Å². The summed E-state index contributed by atoms with van der Waals surface area (Å²) in [6.07, 6.45) is 3.51. The maximum Gasteiger partial charge on any atom is 0.194 e. The molecule has 0 spiro atoms. The van der Waals surface area contributed by atoms with Crippen LogP contribution in [0.25, 0.3) is 16.2 Å². The second-order valence-electron chi connectivity index (χ2n) is 6.91. The Morgan fingerprint density at radius 2 is 2.12 bits per heavy atom. The maximum absolute atomic E-state index is 6.14. The highest BCUT2D eigenvalue weighted by Crippen LogP contribution is 2.39. The Hall–Kier alpha value is -2.05. The van der Waals surface area contributed by atoms with Gasteiger partial charge in [0.2, 0.25) is 0 Å². The highest BCUT2D eigenvalue weighted by molar-refractivity contribution is 7.17. The van der Waals surface area contributed by atoms with Crippen LogP contribution in [-0.2, 0) is 19.4 Å². The molecule has 2 N–H and O–H groups in total. The average Bonchev–Trinajstić information content (AvgIpc) is 3.16. The Labute approximate surface area is 150 Å². The van der Waals surface area contributed by atoms with Crippen LogP contribution in [0.1, 0.15) is 29.6 Å². The molecule has 5 rings (SSSR count). The molecule has 3 aromatic rings. The van der Waals surface area contributed by atoms with Gasteiger partial charge < -0.3 is 15.2 Å². The van der Waals surface area contributed by atoms with Crippen molar-refractivity contribution >= 4 is 16.3 Å². The van der Waals surface area contributed by atoms with Crippen LogP contribution >= 0.6 is 11.3 Å². The zero-order valence-electron chi connectivity index (χ0n) is 14.2. The van der Waals surface area contributed by atoms with Crippen LogP contribution in [-0.4, -0.2) is 22.6 Å². The first kappa shape index (κ1) is 15.2. The molecule has 5 nitrogen and oxygen atoms in total. The SMILES string of the molecule is CC1CCc2c(sc3nc(-c4ccc5c(c4)OCCO5)c(CN)n23)C1. The summed E-state index contributed by atoms with van der Waals surface area (Å²) in [4.78, 5) is 7.47. The molecule has 3 heterocycles. The van der Waals surface area contributed by atoms with Crippen LogP contribution in [0.2, 0.25) is 0 Å². The van der Waals surface area contributed by atoms with Gasteiger partial charge in [0.1, 0.15) is 13.2 Å². The topological polar surface area (TPSA) is 61.8 Å². The molecule has 1 aliphatic heterocycles. The summed E-state index contributed by atoms with van der Waals surface area (Å²) in [6.45, 7) is 3.99. The largest absolute Gasteiger partial charge is 0.486 e. The van der Waals surface area contributed by atoms with E-state index in [-0.39, 0.29) is 0 Å². The summed E-state index contributed by atoms with van der Waals surface area (Å²) in [6, 6.07) is 6.04. The Bertz CT molecular complexity index is 959. The Morgan fingerprint density at radius 1 is 1.28 bits per heavy atom. The maximum atomic E-state index is 6.14. The second kappa shape index (κ2) is 5.75. The molecule has 1 atom stereocenters. The predicted molar refractivity (Wildman–Crippen MR) is 98.6 cm³/mol. The summed E-state index contributed by atoms with van der Waals surface area (Å²) >= 11 is 1.82. The first-order valence-corrected chi connectivity index (χ1v) is 9.68. The summed E-state index contributed by atoms with van der Waals surface area (Å²) in [5.74, 6) is 2.35. The summed E-state index contributed by atoms with van der Waals surface area (Å²) < 4.78 is 13.7. The van der Waals surface area contributed by atoms with E-state index in [1.54, 1.807) is 0 Å². The van der Waals surface area contributed by atoms with Crippen molar-refractivity contribution in [2.24, 2.45) is 11.7 Å². The smallest absolute Gasteiger partial charge is 0.194 e. The number of fused-ring (bicyclic) bond motifs is 4. The molecule has 1 aromatic carbocycles. The minimum atomic E-state index is 0.476. The van der Waals surface area contributed by atoms with E-state index in [0.29, 0.717) is 19.8 Å².